The van der Waals surface area contributed by atoms with E-state index in [0.29, 0.717) is 28.1 Å². The van der Waals surface area contributed by atoms with Crippen LogP contribution in [0.1, 0.15) is 47.8 Å². The van der Waals surface area contributed by atoms with Gasteiger partial charge in [-0.05, 0) is 42.8 Å². The number of hydrogen-bond donors (Lipinski definition) is 2. The van der Waals surface area contributed by atoms with Crippen LogP contribution in [0.5, 0.6) is 0 Å². The lowest BCUT2D eigenvalue weighted by Crippen LogP contribution is -2.24. The van der Waals surface area contributed by atoms with Crippen LogP contribution >= 0.6 is 11.8 Å². The maximum Gasteiger partial charge on any atom is 0.255 e. The van der Waals surface area contributed by atoms with Crippen LogP contribution in [0.4, 0.5) is 11.4 Å². The first-order valence-corrected chi connectivity index (χ1v) is 12.6. The van der Waals surface area contributed by atoms with Crippen molar-refractivity contribution in [3.63, 3.8) is 0 Å². The molecule has 0 aliphatic heterocycles. The lowest BCUT2D eigenvalue weighted by Gasteiger charge is -2.20. The number of anilines is 2. The fourth-order valence-electron chi connectivity index (χ4n) is 4.27. The molecule has 6 nitrogen and oxygen atoms in total. The van der Waals surface area contributed by atoms with Gasteiger partial charge in [-0.25, -0.2) is 0 Å². The highest BCUT2D eigenvalue weighted by atomic mass is 32.2. The van der Waals surface area contributed by atoms with Crippen LogP contribution < -0.4 is 10.6 Å². The number of hydrogen-bond acceptors (Lipinski definition) is 5. The van der Waals surface area contributed by atoms with Crippen LogP contribution in [0, 0.1) is 6.92 Å². The molecule has 0 aromatic heterocycles. The number of rotatable bonds is 6. The van der Waals surface area contributed by atoms with Crippen LogP contribution in [0.25, 0.3) is 0 Å². The predicted molar refractivity (Wildman–Crippen MR) is 145 cm³/mol. The van der Waals surface area contributed by atoms with Crippen molar-refractivity contribution in [2.75, 3.05) is 16.4 Å². The maximum absolute atomic E-state index is 13.1. The third-order valence-corrected chi connectivity index (χ3v) is 7.07. The SMILES string of the molecule is Cc1ccccc1C(=O)Nc1cccc(SCC(=O)Nc2cccc3c2C(=O)c2ccccc2C3=O)c1. The molecule has 1 aliphatic carbocycles. The standard InChI is InChI=1S/C30H22N2O4S/c1-18-8-2-3-11-21(18)30(36)31-19-9-6-10-20(16-19)37-17-26(33)32-25-15-7-14-24-27(25)29(35)23-13-5-4-12-22(23)28(24)34/h2-16H,17H2,1H3,(H,31,36)(H,32,33). The van der Waals surface area contributed by atoms with E-state index in [1.807, 2.05) is 37.3 Å². The molecule has 0 fully saturated rings. The first kappa shape index (κ1) is 24.2. The normalized spacial score (nSPS) is 11.9. The molecular formula is C30H22N2O4S. The Labute approximate surface area is 218 Å². The Morgan fingerprint density at radius 3 is 2.19 bits per heavy atom. The molecule has 7 heteroatoms. The molecular weight excluding hydrogens is 484 g/mol. The number of nitrogens with one attached hydrogen (secondary N) is 2. The Hall–Kier alpha value is -4.49. The maximum atomic E-state index is 13.1. The van der Waals surface area contributed by atoms with Crippen molar-refractivity contribution < 1.29 is 19.2 Å². The summed E-state index contributed by atoms with van der Waals surface area (Å²) in [6.07, 6.45) is 0. The van der Waals surface area contributed by atoms with E-state index in [1.54, 1.807) is 60.7 Å². The molecule has 0 radical (unpaired) electrons. The second-order valence-corrected chi connectivity index (χ2v) is 9.61. The van der Waals surface area contributed by atoms with Gasteiger partial charge in [0.1, 0.15) is 0 Å². The summed E-state index contributed by atoms with van der Waals surface area (Å²) < 4.78 is 0. The van der Waals surface area contributed by atoms with Gasteiger partial charge in [0.15, 0.2) is 11.6 Å². The van der Waals surface area contributed by atoms with Crippen molar-refractivity contribution in [1.29, 1.82) is 0 Å². The summed E-state index contributed by atoms with van der Waals surface area (Å²) in [5.41, 5.74) is 3.62. The molecule has 2 N–H and O–H groups in total. The molecule has 0 saturated heterocycles. The van der Waals surface area contributed by atoms with Crippen LogP contribution in [-0.2, 0) is 4.79 Å². The monoisotopic (exact) mass is 506 g/mol. The van der Waals surface area contributed by atoms with Gasteiger partial charge in [-0.15, -0.1) is 11.8 Å². The summed E-state index contributed by atoms with van der Waals surface area (Å²) in [4.78, 5) is 52.3. The van der Waals surface area contributed by atoms with E-state index < -0.39 is 0 Å². The minimum atomic E-state index is -0.313. The Morgan fingerprint density at radius 1 is 0.730 bits per heavy atom. The van der Waals surface area contributed by atoms with E-state index in [-0.39, 0.29) is 40.3 Å². The highest BCUT2D eigenvalue weighted by molar-refractivity contribution is 8.00. The number of fused-ring (bicyclic) bond motifs is 2. The predicted octanol–water partition coefficient (Wildman–Crippen LogP) is 5.75. The lowest BCUT2D eigenvalue weighted by atomic mass is 9.83. The molecule has 0 saturated carbocycles. The summed E-state index contributed by atoms with van der Waals surface area (Å²) in [5.74, 6) is -0.956. The minimum Gasteiger partial charge on any atom is -0.325 e. The fourth-order valence-corrected chi connectivity index (χ4v) is 5.03. The molecule has 37 heavy (non-hydrogen) atoms. The smallest absolute Gasteiger partial charge is 0.255 e. The van der Waals surface area contributed by atoms with Crippen molar-refractivity contribution in [3.05, 3.63) is 124 Å². The van der Waals surface area contributed by atoms with Crippen LogP contribution in [-0.4, -0.2) is 29.1 Å². The molecule has 2 amide bonds. The number of aryl methyl sites for hydroxylation is 1. The third kappa shape index (κ3) is 4.94. The number of thioether (sulfide) groups is 1. The topological polar surface area (TPSA) is 92.3 Å². The van der Waals surface area contributed by atoms with Gasteiger partial charge in [0.25, 0.3) is 5.91 Å². The Morgan fingerprint density at radius 2 is 1.41 bits per heavy atom. The first-order chi connectivity index (χ1) is 17.9. The highest BCUT2D eigenvalue weighted by Crippen LogP contribution is 2.32. The second kappa shape index (κ2) is 10.2. The van der Waals surface area contributed by atoms with Crippen LogP contribution in [0.3, 0.4) is 0 Å². The zero-order valence-corrected chi connectivity index (χ0v) is 20.7. The molecule has 0 bridgehead atoms. The molecule has 4 aromatic carbocycles. The van der Waals surface area contributed by atoms with E-state index in [4.69, 9.17) is 0 Å². The first-order valence-electron chi connectivity index (χ1n) is 11.6. The Kier molecular flexibility index (Phi) is 6.70. The van der Waals surface area contributed by atoms with Crippen molar-refractivity contribution in [2.24, 2.45) is 0 Å². The number of carbonyl (C=O) groups excluding carboxylic acids is 4. The van der Waals surface area contributed by atoms with Crippen LogP contribution in [0.2, 0.25) is 0 Å². The second-order valence-electron chi connectivity index (χ2n) is 8.57. The van der Waals surface area contributed by atoms with Crippen molar-refractivity contribution in [1.82, 2.24) is 0 Å². The number of carbonyl (C=O) groups is 4. The number of amides is 2. The number of benzene rings is 4. The molecule has 0 spiro atoms. The quantitative estimate of drug-likeness (QED) is 0.286. The van der Waals surface area contributed by atoms with Gasteiger partial charge in [0.2, 0.25) is 5.91 Å². The van der Waals surface area contributed by atoms with E-state index in [0.717, 1.165) is 10.5 Å². The lowest BCUT2D eigenvalue weighted by molar-refractivity contribution is -0.113. The van der Waals surface area contributed by atoms with Crippen LogP contribution in [0.15, 0.2) is 95.9 Å². The molecule has 0 heterocycles. The van der Waals surface area contributed by atoms with E-state index in [2.05, 4.69) is 10.6 Å². The van der Waals surface area contributed by atoms with E-state index in [9.17, 15) is 19.2 Å². The van der Waals surface area contributed by atoms with Crippen molar-refractivity contribution >= 4 is 46.5 Å². The summed E-state index contributed by atoms with van der Waals surface area (Å²) in [5, 5.41) is 5.69. The third-order valence-electron chi connectivity index (χ3n) is 6.08. The molecule has 1 aliphatic rings. The molecule has 4 aromatic rings. The summed E-state index contributed by atoms with van der Waals surface area (Å²) in [7, 11) is 0. The van der Waals surface area contributed by atoms with Gasteiger partial charge in [-0.1, -0.05) is 60.7 Å². The van der Waals surface area contributed by atoms with E-state index >= 15 is 0 Å². The largest absolute Gasteiger partial charge is 0.325 e. The molecule has 182 valence electrons. The van der Waals surface area contributed by atoms with Gasteiger partial charge < -0.3 is 10.6 Å². The van der Waals surface area contributed by atoms with Gasteiger partial charge in [-0.2, -0.15) is 0 Å². The molecule has 0 atom stereocenters. The number of ketones is 2. The van der Waals surface area contributed by atoms with E-state index in [1.165, 1.54) is 11.8 Å². The Bertz CT molecular complexity index is 1580. The molecule has 5 rings (SSSR count). The highest BCUT2D eigenvalue weighted by Gasteiger charge is 2.31. The van der Waals surface area contributed by atoms with Gasteiger partial charge in [0.05, 0.1) is 17.0 Å². The average Bonchev–Trinajstić information content (AvgIpc) is 2.91. The summed E-state index contributed by atoms with van der Waals surface area (Å²) >= 11 is 1.30. The summed E-state index contributed by atoms with van der Waals surface area (Å²) in [6, 6.07) is 26.2. The zero-order chi connectivity index (χ0) is 25.9. The zero-order valence-electron chi connectivity index (χ0n) is 19.9. The van der Waals surface area contributed by atoms with Crippen molar-refractivity contribution in [3.8, 4) is 0 Å². The van der Waals surface area contributed by atoms with Crippen molar-refractivity contribution in [2.45, 2.75) is 11.8 Å². The Balaban J connectivity index is 1.26. The average molecular weight is 507 g/mol. The fraction of sp³-hybridized carbons (Fsp3) is 0.0667. The van der Waals surface area contributed by atoms with Gasteiger partial charge >= 0.3 is 0 Å². The minimum absolute atomic E-state index is 0.0809. The molecule has 0 unspecified atom stereocenters. The van der Waals surface area contributed by atoms with Gasteiger partial charge in [0, 0.05) is 32.8 Å². The van der Waals surface area contributed by atoms with Gasteiger partial charge in [-0.3, -0.25) is 19.2 Å². The summed E-state index contributed by atoms with van der Waals surface area (Å²) in [6.45, 7) is 1.88.